The Morgan fingerprint density at radius 3 is 2.40 bits per heavy atom. The van der Waals surface area contributed by atoms with Crippen molar-refractivity contribution < 1.29 is 0 Å². The summed E-state index contributed by atoms with van der Waals surface area (Å²) < 4.78 is 3.68. The molecule has 0 saturated carbocycles. The molecule has 0 spiro atoms. The highest BCUT2D eigenvalue weighted by Gasteiger charge is 2.17. The normalized spacial score (nSPS) is 12.2. The van der Waals surface area contributed by atoms with Gasteiger partial charge in [0.05, 0.1) is 17.3 Å². The van der Waals surface area contributed by atoms with Crippen molar-refractivity contribution in [3.8, 4) is 17.1 Å². The summed E-state index contributed by atoms with van der Waals surface area (Å²) in [4.78, 5) is 4.65. The van der Waals surface area contributed by atoms with Crippen LogP contribution in [0.4, 0.5) is 0 Å². The van der Waals surface area contributed by atoms with Gasteiger partial charge in [0.15, 0.2) is 17.1 Å². The molecule has 3 heterocycles. The van der Waals surface area contributed by atoms with Crippen LogP contribution in [0.15, 0.2) is 55.0 Å². The largest absolute Gasteiger partial charge is 0.265 e. The van der Waals surface area contributed by atoms with Gasteiger partial charge in [0.2, 0.25) is 0 Å². The minimum atomic E-state index is 0.104. The maximum absolute atomic E-state index is 6.30. The Bertz CT molecular complexity index is 1390. The summed E-state index contributed by atoms with van der Waals surface area (Å²) in [5.41, 5.74) is 5.69. The van der Waals surface area contributed by atoms with E-state index in [1.165, 1.54) is 5.56 Å². The Morgan fingerprint density at radius 1 is 0.933 bits per heavy atom. The second kappa shape index (κ2) is 6.64. The lowest BCUT2D eigenvalue weighted by molar-refractivity contribution is 0.590. The molecule has 30 heavy (non-hydrogen) atoms. The highest BCUT2D eigenvalue weighted by atomic mass is 35.5. The Hall–Kier alpha value is -3.25. The van der Waals surface area contributed by atoms with Gasteiger partial charge in [-0.15, -0.1) is 10.2 Å². The van der Waals surface area contributed by atoms with E-state index >= 15 is 0 Å². The molecule has 0 aliphatic rings. The molecule has 0 fully saturated rings. The van der Waals surface area contributed by atoms with Gasteiger partial charge in [0.25, 0.3) is 0 Å². The van der Waals surface area contributed by atoms with Gasteiger partial charge >= 0.3 is 0 Å². The van der Waals surface area contributed by atoms with Gasteiger partial charge in [-0.2, -0.15) is 5.10 Å². The van der Waals surface area contributed by atoms with Crippen LogP contribution in [0.3, 0.4) is 0 Å². The summed E-state index contributed by atoms with van der Waals surface area (Å²) in [6, 6.07) is 14.3. The van der Waals surface area contributed by atoms with Gasteiger partial charge in [-0.3, -0.25) is 4.40 Å². The van der Waals surface area contributed by atoms with Crippen LogP contribution >= 0.6 is 11.6 Å². The predicted molar refractivity (Wildman–Crippen MR) is 119 cm³/mol. The number of fused-ring (bicyclic) bond motifs is 3. The molecule has 0 bridgehead atoms. The smallest absolute Gasteiger partial charge is 0.175 e. The summed E-state index contributed by atoms with van der Waals surface area (Å²) in [5, 5.41) is 14.9. The topological polar surface area (TPSA) is 60.9 Å². The lowest BCUT2D eigenvalue weighted by Gasteiger charge is -2.18. The van der Waals surface area contributed by atoms with Gasteiger partial charge in [-0.1, -0.05) is 62.7 Å². The van der Waals surface area contributed by atoms with Crippen molar-refractivity contribution in [1.29, 1.82) is 0 Å². The third-order valence-electron chi connectivity index (χ3n) is 5.39. The maximum Gasteiger partial charge on any atom is 0.175 e. The van der Waals surface area contributed by atoms with E-state index in [1.807, 2.05) is 29.5 Å². The highest BCUT2D eigenvalue weighted by Crippen LogP contribution is 2.28. The summed E-state index contributed by atoms with van der Waals surface area (Å²) in [5.74, 6) is 0.756. The molecular weight excluding hydrogens is 396 g/mol. The molecule has 3 aromatic heterocycles. The molecule has 7 heteroatoms. The molecule has 0 N–H and O–H groups in total. The van der Waals surface area contributed by atoms with Crippen molar-refractivity contribution >= 4 is 28.3 Å². The van der Waals surface area contributed by atoms with Gasteiger partial charge in [0, 0.05) is 10.6 Å². The Morgan fingerprint density at radius 2 is 1.70 bits per heavy atom. The number of aryl methyl sites for hydroxylation is 1. The first-order valence-electron chi connectivity index (χ1n) is 9.78. The molecule has 6 nitrogen and oxygen atoms in total. The average molecular weight is 417 g/mol. The fourth-order valence-corrected chi connectivity index (χ4v) is 3.71. The van der Waals surface area contributed by atoms with Crippen LogP contribution in [0.5, 0.6) is 0 Å². The molecule has 2 aromatic carbocycles. The van der Waals surface area contributed by atoms with Gasteiger partial charge in [0.1, 0.15) is 6.33 Å². The van der Waals surface area contributed by atoms with E-state index in [1.54, 1.807) is 17.2 Å². The third-order valence-corrected chi connectivity index (χ3v) is 5.79. The first-order valence-corrected chi connectivity index (χ1v) is 10.2. The van der Waals surface area contributed by atoms with E-state index in [0.717, 1.165) is 33.7 Å². The predicted octanol–water partition coefficient (Wildman–Crippen LogP) is 5.39. The first-order chi connectivity index (χ1) is 14.3. The fourth-order valence-electron chi connectivity index (χ4n) is 3.54. The van der Waals surface area contributed by atoms with Gasteiger partial charge in [-0.25, -0.2) is 9.67 Å². The van der Waals surface area contributed by atoms with Crippen molar-refractivity contribution in [2.75, 3.05) is 0 Å². The minimum Gasteiger partial charge on any atom is -0.265 e. The van der Waals surface area contributed by atoms with Crippen LogP contribution in [0.1, 0.15) is 31.9 Å². The molecular formula is C23H21ClN6. The monoisotopic (exact) mass is 416 g/mol. The third kappa shape index (κ3) is 2.95. The number of nitrogens with zero attached hydrogens (tertiary/aromatic N) is 6. The zero-order chi connectivity index (χ0) is 21.0. The summed E-state index contributed by atoms with van der Waals surface area (Å²) >= 11 is 6.30. The lowest BCUT2D eigenvalue weighted by Crippen LogP contribution is -2.10. The van der Waals surface area contributed by atoms with E-state index in [2.05, 4.69) is 65.3 Å². The maximum atomic E-state index is 6.30. The molecule has 5 aromatic rings. The van der Waals surface area contributed by atoms with Crippen molar-refractivity contribution in [2.24, 2.45) is 0 Å². The SMILES string of the molecule is Cc1ccc(-n2ncc3c2ncn2c(-c4ccc(C(C)(C)C)cc4)nnc32)cc1Cl. The van der Waals surface area contributed by atoms with Crippen molar-refractivity contribution in [3.63, 3.8) is 0 Å². The number of rotatable bonds is 2. The first kappa shape index (κ1) is 18.8. The van der Waals surface area contributed by atoms with Crippen molar-refractivity contribution in [1.82, 2.24) is 29.4 Å². The second-order valence-electron chi connectivity index (χ2n) is 8.52. The van der Waals surface area contributed by atoms with Crippen LogP contribution in [0.25, 0.3) is 33.8 Å². The molecule has 0 aliphatic carbocycles. The van der Waals surface area contributed by atoms with E-state index in [9.17, 15) is 0 Å². The Labute approximate surface area is 179 Å². The molecule has 0 atom stereocenters. The highest BCUT2D eigenvalue weighted by molar-refractivity contribution is 6.31. The average Bonchev–Trinajstić information content (AvgIpc) is 3.33. The van der Waals surface area contributed by atoms with Gasteiger partial charge < -0.3 is 0 Å². The van der Waals surface area contributed by atoms with E-state index < -0.39 is 0 Å². The molecule has 150 valence electrons. The molecule has 5 rings (SSSR count). The Kier molecular flexibility index (Phi) is 4.15. The molecule has 0 unspecified atom stereocenters. The minimum absolute atomic E-state index is 0.104. The van der Waals surface area contributed by atoms with Crippen molar-refractivity contribution in [2.45, 2.75) is 33.1 Å². The second-order valence-corrected chi connectivity index (χ2v) is 8.92. The zero-order valence-electron chi connectivity index (χ0n) is 17.3. The standard InChI is InChI=1S/C23H21ClN6/c1-14-5-10-17(11-19(14)24)30-21-18(12-26-30)22-28-27-20(29(22)13-25-21)15-6-8-16(9-7-15)23(2,3)4/h5-13H,1-4H3. The van der Waals surface area contributed by atoms with Crippen LogP contribution < -0.4 is 0 Å². The number of hydrogen-bond acceptors (Lipinski definition) is 4. The summed E-state index contributed by atoms with van der Waals surface area (Å²) in [7, 11) is 0. The number of benzene rings is 2. The quantitative estimate of drug-likeness (QED) is 0.387. The Balaban J connectivity index is 1.62. The van der Waals surface area contributed by atoms with Gasteiger partial charge in [-0.05, 0) is 35.6 Å². The van der Waals surface area contributed by atoms with E-state index in [4.69, 9.17) is 11.6 Å². The van der Waals surface area contributed by atoms with E-state index in [0.29, 0.717) is 10.7 Å². The summed E-state index contributed by atoms with van der Waals surface area (Å²) in [6.07, 6.45) is 3.52. The number of aromatic nitrogens is 6. The number of hydrogen-bond donors (Lipinski definition) is 0. The van der Waals surface area contributed by atoms with Crippen LogP contribution in [-0.2, 0) is 5.41 Å². The number of halogens is 1. The molecule has 0 saturated heterocycles. The zero-order valence-corrected chi connectivity index (χ0v) is 18.0. The van der Waals surface area contributed by atoms with Crippen molar-refractivity contribution in [3.05, 3.63) is 71.1 Å². The van der Waals surface area contributed by atoms with Crippen LogP contribution in [0.2, 0.25) is 5.02 Å². The summed E-state index contributed by atoms with van der Waals surface area (Å²) in [6.45, 7) is 8.58. The molecule has 0 radical (unpaired) electrons. The molecule has 0 aliphatic heterocycles. The van der Waals surface area contributed by atoms with Crippen LogP contribution in [0, 0.1) is 6.92 Å². The van der Waals surface area contributed by atoms with Crippen LogP contribution in [-0.4, -0.2) is 29.4 Å². The lowest BCUT2D eigenvalue weighted by atomic mass is 9.87. The fraction of sp³-hybridized carbons (Fsp3) is 0.217. The molecule has 0 amide bonds. The van der Waals surface area contributed by atoms with E-state index in [-0.39, 0.29) is 5.41 Å².